The Bertz CT molecular complexity index is 891. The molecule has 1 N–H and O–H groups in total. The van der Waals surface area contributed by atoms with Gasteiger partial charge in [-0.25, -0.2) is 4.57 Å². The topological polar surface area (TPSA) is 50.1 Å². The molecule has 0 amide bonds. The van der Waals surface area contributed by atoms with Crippen LogP contribution < -0.4 is 9.29 Å². The van der Waals surface area contributed by atoms with Crippen LogP contribution in [0.1, 0.15) is 0 Å². The van der Waals surface area contributed by atoms with Gasteiger partial charge in [0.2, 0.25) is 0 Å². The van der Waals surface area contributed by atoms with Gasteiger partial charge in [0.1, 0.15) is 10.4 Å². The molecule has 0 fully saturated rings. The van der Waals surface area contributed by atoms with Gasteiger partial charge in [0, 0.05) is 11.5 Å². The highest BCUT2D eigenvalue weighted by molar-refractivity contribution is 7.92. The number of rotatable bonds is 3. The van der Waals surface area contributed by atoms with Crippen LogP contribution >= 0.6 is 0 Å². The van der Waals surface area contributed by atoms with E-state index in [0.29, 0.717) is 5.82 Å². The summed E-state index contributed by atoms with van der Waals surface area (Å²) in [6.45, 7) is 0. The van der Waals surface area contributed by atoms with E-state index in [9.17, 15) is 8.42 Å². The van der Waals surface area contributed by atoms with Gasteiger partial charge in [-0.3, -0.25) is 0 Å². The quantitative estimate of drug-likeness (QED) is 0.755. The molecule has 2 aromatic carbocycles. The van der Waals surface area contributed by atoms with Crippen LogP contribution in [0.15, 0.2) is 71.6 Å². The Kier molecular flexibility index (Phi) is 3.35. The van der Waals surface area contributed by atoms with Gasteiger partial charge >= 0.3 is 10.0 Å². The lowest BCUT2D eigenvalue weighted by Crippen LogP contribution is -2.35. The smallest absolute Gasteiger partial charge is 0.229 e. The standard InChI is InChI=1S/C16H14N2O2S/c1-18-15-10-6-5-7-13(15)11-12-16(18)17-21(19,20)14-8-3-2-4-9-14/h2-12H,1H3/p+1. The number of aromatic nitrogens is 1. The normalized spacial score (nSPS) is 11.5. The first-order chi connectivity index (χ1) is 10.1. The van der Waals surface area contributed by atoms with E-state index in [4.69, 9.17) is 0 Å². The lowest BCUT2D eigenvalue weighted by Gasteiger charge is -2.07. The first-order valence-electron chi connectivity index (χ1n) is 6.53. The molecule has 0 aliphatic heterocycles. The molecule has 0 unspecified atom stereocenters. The fraction of sp³-hybridized carbons (Fsp3) is 0.0625. The summed E-state index contributed by atoms with van der Waals surface area (Å²) in [5.74, 6) is 0.526. The number of para-hydroxylation sites is 1. The van der Waals surface area contributed by atoms with E-state index < -0.39 is 10.0 Å². The minimum Gasteiger partial charge on any atom is -0.229 e. The Morgan fingerprint density at radius 2 is 1.52 bits per heavy atom. The summed E-state index contributed by atoms with van der Waals surface area (Å²) in [4.78, 5) is 0.248. The summed E-state index contributed by atoms with van der Waals surface area (Å²) in [6, 6.07) is 19.8. The molecule has 21 heavy (non-hydrogen) atoms. The van der Waals surface area contributed by atoms with Crippen molar-refractivity contribution >= 4 is 26.7 Å². The van der Waals surface area contributed by atoms with E-state index in [1.54, 1.807) is 36.4 Å². The van der Waals surface area contributed by atoms with Crippen LogP contribution in [-0.4, -0.2) is 8.42 Å². The maximum absolute atomic E-state index is 12.4. The largest absolute Gasteiger partial charge is 0.328 e. The summed E-state index contributed by atoms with van der Waals surface area (Å²) in [5, 5.41) is 1.06. The molecule has 4 nitrogen and oxygen atoms in total. The predicted octanol–water partition coefficient (Wildman–Crippen LogP) is 2.47. The number of aryl methyl sites for hydroxylation is 1. The Labute approximate surface area is 123 Å². The van der Waals surface area contributed by atoms with Crippen molar-refractivity contribution in [3.8, 4) is 0 Å². The number of benzene rings is 2. The zero-order valence-corrected chi connectivity index (χ0v) is 12.3. The zero-order valence-electron chi connectivity index (χ0n) is 11.5. The van der Waals surface area contributed by atoms with Crippen LogP contribution in [0.3, 0.4) is 0 Å². The van der Waals surface area contributed by atoms with Crippen molar-refractivity contribution in [1.82, 2.24) is 0 Å². The van der Waals surface area contributed by atoms with E-state index in [1.807, 2.05) is 41.9 Å². The van der Waals surface area contributed by atoms with E-state index >= 15 is 0 Å². The maximum atomic E-state index is 12.4. The van der Waals surface area contributed by atoms with Gasteiger partial charge in [-0.1, -0.05) is 36.4 Å². The summed E-state index contributed by atoms with van der Waals surface area (Å²) in [5.41, 5.74) is 0.964. The first-order valence-corrected chi connectivity index (χ1v) is 8.02. The third-order valence-electron chi connectivity index (χ3n) is 3.37. The lowest BCUT2D eigenvalue weighted by atomic mass is 10.2. The van der Waals surface area contributed by atoms with Gasteiger partial charge in [-0.2, -0.15) is 13.1 Å². The highest BCUT2D eigenvalue weighted by Gasteiger charge is 2.21. The number of anilines is 1. The third-order valence-corrected chi connectivity index (χ3v) is 4.74. The Morgan fingerprint density at radius 3 is 2.29 bits per heavy atom. The number of hydrogen-bond acceptors (Lipinski definition) is 2. The van der Waals surface area contributed by atoms with Gasteiger partial charge in [0.05, 0.1) is 7.05 Å². The second-order valence-electron chi connectivity index (χ2n) is 4.75. The molecule has 0 aliphatic rings. The summed E-state index contributed by atoms with van der Waals surface area (Å²) in [6.07, 6.45) is 0. The fourth-order valence-corrected chi connectivity index (χ4v) is 3.36. The molecule has 0 spiro atoms. The lowest BCUT2D eigenvalue weighted by molar-refractivity contribution is -0.629. The van der Waals surface area contributed by atoms with E-state index in [2.05, 4.69) is 4.72 Å². The summed E-state index contributed by atoms with van der Waals surface area (Å²) >= 11 is 0. The van der Waals surface area contributed by atoms with Crippen LogP contribution in [0.25, 0.3) is 10.9 Å². The second-order valence-corrected chi connectivity index (χ2v) is 6.44. The van der Waals surface area contributed by atoms with E-state index in [1.165, 1.54) is 0 Å². The molecule has 106 valence electrons. The number of nitrogens with zero attached hydrogens (tertiary/aromatic N) is 1. The Morgan fingerprint density at radius 1 is 0.857 bits per heavy atom. The molecule has 0 atom stereocenters. The molecule has 0 radical (unpaired) electrons. The number of pyridine rings is 1. The molecule has 1 aromatic heterocycles. The zero-order chi connectivity index (χ0) is 14.9. The molecule has 0 bridgehead atoms. The van der Waals surface area contributed by atoms with Crippen molar-refractivity contribution in [2.24, 2.45) is 7.05 Å². The highest BCUT2D eigenvalue weighted by atomic mass is 32.2. The average Bonchev–Trinajstić information content (AvgIpc) is 2.51. The van der Waals surface area contributed by atoms with Crippen LogP contribution in [0.2, 0.25) is 0 Å². The van der Waals surface area contributed by atoms with Crippen molar-refractivity contribution in [2.45, 2.75) is 4.90 Å². The van der Waals surface area contributed by atoms with Crippen molar-refractivity contribution in [3.05, 3.63) is 66.7 Å². The van der Waals surface area contributed by atoms with E-state index in [-0.39, 0.29) is 4.90 Å². The molecular formula is C16H15N2O2S+. The molecule has 0 saturated carbocycles. The number of nitrogens with one attached hydrogen (secondary N) is 1. The second kappa shape index (κ2) is 5.18. The average molecular weight is 299 g/mol. The molecule has 0 aliphatic carbocycles. The molecule has 3 aromatic rings. The van der Waals surface area contributed by atoms with E-state index in [0.717, 1.165) is 10.9 Å². The van der Waals surface area contributed by atoms with Gasteiger partial charge < -0.3 is 0 Å². The van der Waals surface area contributed by atoms with Crippen LogP contribution in [-0.2, 0) is 17.1 Å². The Hall–Kier alpha value is -2.40. The molecule has 3 rings (SSSR count). The molecule has 1 heterocycles. The fourth-order valence-electron chi connectivity index (χ4n) is 2.24. The Balaban J connectivity index is 2.05. The van der Waals surface area contributed by atoms with Crippen molar-refractivity contribution in [2.75, 3.05) is 4.72 Å². The van der Waals surface area contributed by atoms with Crippen molar-refractivity contribution in [3.63, 3.8) is 0 Å². The van der Waals surface area contributed by atoms with Gasteiger partial charge in [0.15, 0.2) is 0 Å². The predicted molar refractivity (Wildman–Crippen MR) is 82.4 cm³/mol. The van der Waals surface area contributed by atoms with Crippen LogP contribution in [0.4, 0.5) is 5.82 Å². The number of hydrogen-bond donors (Lipinski definition) is 1. The monoisotopic (exact) mass is 299 g/mol. The highest BCUT2D eigenvalue weighted by Crippen LogP contribution is 2.16. The minimum atomic E-state index is -3.58. The number of sulfonamides is 1. The van der Waals surface area contributed by atoms with Crippen molar-refractivity contribution < 1.29 is 13.0 Å². The first kappa shape index (κ1) is 13.6. The molecule has 0 saturated heterocycles. The molecular weight excluding hydrogens is 284 g/mol. The summed E-state index contributed by atoms with van der Waals surface area (Å²) in [7, 11) is -1.74. The van der Waals surface area contributed by atoms with Gasteiger partial charge in [-0.15, -0.1) is 0 Å². The minimum absolute atomic E-state index is 0.248. The molecule has 5 heteroatoms. The van der Waals surface area contributed by atoms with Gasteiger partial charge in [0.25, 0.3) is 5.82 Å². The number of fused-ring (bicyclic) bond motifs is 1. The van der Waals surface area contributed by atoms with Crippen LogP contribution in [0.5, 0.6) is 0 Å². The summed E-state index contributed by atoms with van der Waals surface area (Å²) < 4.78 is 29.2. The van der Waals surface area contributed by atoms with Gasteiger partial charge in [-0.05, 0) is 24.3 Å². The maximum Gasteiger partial charge on any atom is 0.328 e. The van der Waals surface area contributed by atoms with Crippen molar-refractivity contribution in [1.29, 1.82) is 0 Å². The third kappa shape index (κ3) is 2.60. The SMILES string of the molecule is C[n+]1c(NS(=O)(=O)c2ccccc2)ccc2ccccc21. The van der Waals surface area contributed by atoms with Crippen LogP contribution in [0, 0.1) is 0 Å².